The van der Waals surface area contributed by atoms with Crippen molar-refractivity contribution in [3.63, 3.8) is 0 Å². The molecule has 1 aliphatic rings. The summed E-state index contributed by atoms with van der Waals surface area (Å²) in [7, 11) is 1.93. The highest BCUT2D eigenvalue weighted by molar-refractivity contribution is 5.85. The summed E-state index contributed by atoms with van der Waals surface area (Å²) < 4.78 is 0. The molecule has 0 saturated carbocycles. The second kappa shape index (κ2) is 3.22. The van der Waals surface area contributed by atoms with Gasteiger partial charge in [0.15, 0.2) is 5.60 Å². The van der Waals surface area contributed by atoms with Crippen LogP contribution in [0, 0.1) is 0 Å². The average Bonchev–Trinajstić information content (AvgIpc) is 2.33. The number of hydrogen-bond acceptors (Lipinski definition) is 3. The number of nitrogens with zero attached hydrogens (tertiary/aromatic N) is 1. The fraction of sp³-hybridized carbons (Fsp3) is 0.875. The zero-order chi connectivity index (χ0) is 8.32. The Balaban J connectivity index is 2.43. The molecule has 0 aromatic rings. The van der Waals surface area contributed by atoms with Crippen molar-refractivity contribution in [3.8, 4) is 0 Å². The molecule has 1 heterocycles. The molecule has 0 saturated heterocycles. The second-order valence-electron chi connectivity index (χ2n) is 3.26. The Bertz CT molecular complexity index is 167. The van der Waals surface area contributed by atoms with E-state index < -0.39 is 0 Å². The second-order valence-corrected chi connectivity index (χ2v) is 3.26. The Morgan fingerprint density at radius 1 is 1.73 bits per heavy atom. The van der Waals surface area contributed by atoms with E-state index in [4.69, 9.17) is 4.84 Å². The number of rotatable bonds is 3. The van der Waals surface area contributed by atoms with E-state index >= 15 is 0 Å². The van der Waals surface area contributed by atoms with Crippen LogP contribution in [0.4, 0.5) is 0 Å². The molecular weight excluding hydrogens is 140 g/mol. The minimum Gasteiger partial charge on any atom is -0.388 e. The van der Waals surface area contributed by atoms with Gasteiger partial charge in [-0.15, -0.1) is 0 Å². The van der Waals surface area contributed by atoms with Crippen LogP contribution >= 0.6 is 0 Å². The highest BCUT2D eigenvalue weighted by Crippen LogP contribution is 2.23. The van der Waals surface area contributed by atoms with E-state index in [1.807, 2.05) is 7.05 Å². The molecule has 3 heteroatoms. The van der Waals surface area contributed by atoms with Crippen molar-refractivity contribution in [2.24, 2.45) is 5.16 Å². The highest BCUT2D eigenvalue weighted by Gasteiger charge is 2.32. The maximum Gasteiger partial charge on any atom is 0.152 e. The minimum atomic E-state index is -0.0971. The predicted molar refractivity (Wildman–Crippen MR) is 45.8 cm³/mol. The summed E-state index contributed by atoms with van der Waals surface area (Å²) in [4.78, 5) is 5.31. The third-order valence-corrected chi connectivity index (χ3v) is 1.93. The molecule has 0 aliphatic carbocycles. The summed E-state index contributed by atoms with van der Waals surface area (Å²) in [5.74, 6) is 0. The van der Waals surface area contributed by atoms with Crippen molar-refractivity contribution in [1.82, 2.24) is 5.32 Å². The van der Waals surface area contributed by atoms with E-state index in [1.54, 1.807) is 0 Å². The Labute approximate surface area is 67.8 Å². The van der Waals surface area contributed by atoms with Crippen molar-refractivity contribution >= 4 is 5.71 Å². The van der Waals surface area contributed by atoms with E-state index in [1.165, 1.54) is 5.71 Å². The van der Waals surface area contributed by atoms with Gasteiger partial charge in [-0.3, -0.25) is 0 Å². The Kier molecular flexibility index (Phi) is 2.49. The Morgan fingerprint density at radius 3 is 2.91 bits per heavy atom. The van der Waals surface area contributed by atoms with Gasteiger partial charge in [-0.2, -0.15) is 0 Å². The van der Waals surface area contributed by atoms with Crippen LogP contribution in [0.5, 0.6) is 0 Å². The van der Waals surface area contributed by atoms with Gasteiger partial charge in [-0.1, -0.05) is 12.1 Å². The lowest BCUT2D eigenvalue weighted by Gasteiger charge is -2.20. The largest absolute Gasteiger partial charge is 0.388 e. The molecule has 1 aliphatic heterocycles. The maximum absolute atomic E-state index is 5.31. The Morgan fingerprint density at radius 2 is 2.45 bits per heavy atom. The molecule has 11 heavy (non-hydrogen) atoms. The molecule has 0 spiro atoms. The third-order valence-electron chi connectivity index (χ3n) is 1.93. The van der Waals surface area contributed by atoms with E-state index in [2.05, 4.69) is 24.3 Å². The molecule has 1 atom stereocenters. The molecular formula is C8H16N2O. The highest BCUT2D eigenvalue weighted by atomic mass is 16.7. The quantitative estimate of drug-likeness (QED) is 0.665. The van der Waals surface area contributed by atoms with Crippen molar-refractivity contribution < 1.29 is 4.84 Å². The van der Waals surface area contributed by atoms with E-state index in [-0.39, 0.29) is 5.60 Å². The summed E-state index contributed by atoms with van der Waals surface area (Å²) in [5, 5.41) is 7.10. The van der Waals surface area contributed by atoms with Crippen molar-refractivity contribution in [3.05, 3.63) is 0 Å². The first-order chi connectivity index (χ1) is 5.20. The Hall–Kier alpha value is -0.570. The van der Waals surface area contributed by atoms with Gasteiger partial charge in [-0.25, -0.2) is 0 Å². The van der Waals surface area contributed by atoms with Crippen LogP contribution in [0.2, 0.25) is 0 Å². The van der Waals surface area contributed by atoms with Crippen LogP contribution in [0.25, 0.3) is 0 Å². The lowest BCUT2D eigenvalue weighted by Crippen LogP contribution is -2.36. The van der Waals surface area contributed by atoms with Crippen molar-refractivity contribution in [2.75, 3.05) is 13.6 Å². The summed E-state index contributed by atoms with van der Waals surface area (Å²) in [5.41, 5.74) is 1.07. The topological polar surface area (TPSA) is 33.6 Å². The first-order valence-electron chi connectivity index (χ1n) is 4.09. The molecule has 0 bridgehead atoms. The molecule has 3 nitrogen and oxygen atoms in total. The van der Waals surface area contributed by atoms with Gasteiger partial charge < -0.3 is 10.2 Å². The zero-order valence-electron chi connectivity index (χ0n) is 7.48. The zero-order valence-corrected chi connectivity index (χ0v) is 7.48. The van der Waals surface area contributed by atoms with Gasteiger partial charge >= 0.3 is 0 Å². The molecule has 1 unspecified atom stereocenters. The van der Waals surface area contributed by atoms with Crippen LogP contribution in [0.15, 0.2) is 5.16 Å². The first kappa shape index (κ1) is 8.53. The molecule has 0 fully saturated rings. The number of hydrogen-bond donors (Lipinski definition) is 1. The first-order valence-corrected chi connectivity index (χ1v) is 4.09. The normalized spacial score (nSPS) is 29.9. The summed E-state index contributed by atoms with van der Waals surface area (Å²) in [6, 6.07) is 0. The molecule has 64 valence electrons. The van der Waals surface area contributed by atoms with Gasteiger partial charge in [0.1, 0.15) is 0 Å². The number of likely N-dealkylation sites (N-methyl/N-ethyl adjacent to an activating group) is 1. The maximum atomic E-state index is 5.31. The van der Waals surface area contributed by atoms with Crippen molar-refractivity contribution in [2.45, 2.75) is 32.3 Å². The van der Waals surface area contributed by atoms with Crippen LogP contribution in [-0.2, 0) is 4.84 Å². The van der Waals surface area contributed by atoms with Gasteiger partial charge in [0.25, 0.3) is 0 Å². The number of nitrogens with one attached hydrogen (secondary N) is 1. The molecule has 0 radical (unpaired) electrons. The van der Waals surface area contributed by atoms with E-state index in [0.29, 0.717) is 0 Å². The minimum absolute atomic E-state index is 0.0971. The van der Waals surface area contributed by atoms with Crippen molar-refractivity contribution in [1.29, 1.82) is 0 Å². The van der Waals surface area contributed by atoms with Crippen LogP contribution in [-0.4, -0.2) is 24.9 Å². The van der Waals surface area contributed by atoms with E-state index in [9.17, 15) is 0 Å². The molecule has 0 amide bonds. The monoisotopic (exact) mass is 156 g/mol. The lowest BCUT2D eigenvalue weighted by atomic mass is 9.99. The van der Waals surface area contributed by atoms with Gasteiger partial charge in [0.05, 0.1) is 5.71 Å². The summed E-state index contributed by atoms with van der Waals surface area (Å²) in [6.07, 6.45) is 1.96. The molecule has 0 aromatic carbocycles. The van der Waals surface area contributed by atoms with Crippen LogP contribution < -0.4 is 5.32 Å². The molecule has 0 aromatic heterocycles. The number of oxime groups is 1. The fourth-order valence-corrected chi connectivity index (χ4v) is 1.33. The van der Waals surface area contributed by atoms with Gasteiger partial charge in [0.2, 0.25) is 0 Å². The molecule has 1 N–H and O–H groups in total. The van der Waals surface area contributed by atoms with Gasteiger partial charge in [-0.05, 0) is 20.4 Å². The average molecular weight is 156 g/mol. The predicted octanol–water partition coefficient (Wildman–Crippen LogP) is 1.15. The van der Waals surface area contributed by atoms with E-state index in [0.717, 1.165) is 19.4 Å². The summed E-state index contributed by atoms with van der Waals surface area (Å²) in [6.45, 7) is 5.04. The van der Waals surface area contributed by atoms with Gasteiger partial charge in [0, 0.05) is 13.0 Å². The van der Waals surface area contributed by atoms with Crippen LogP contribution in [0.3, 0.4) is 0 Å². The lowest BCUT2D eigenvalue weighted by molar-refractivity contribution is -0.000964. The third kappa shape index (κ3) is 1.93. The van der Waals surface area contributed by atoms with Crippen LogP contribution in [0.1, 0.15) is 26.7 Å². The standard InChI is InChI=1S/C8H16N2O/c1-4-7-5-8(2,6-9-3)11-10-7/h9H,4-6H2,1-3H3. The fourth-order valence-electron chi connectivity index (χ4n) is 1.33. The molecule has 1 rings (SSSR count). The SMILES string of the molecule is CCC1=NOC(C)(CNC)C1. The smallest absolute Gasteiger partial charge is 0.152 e. The summed E-state index contributed by atoms with van der Waals surface area (Å²) >= 11 is 0.